The lowest BCUT2D eigenvalue weighted by atomic mass is 10.3. The minimum absolute atomic E-state index is 0.0305. The van der Waals surface area contributed by atoms with Gasteiger partial charge in [0.2, 0.25) is 0 Å². The average Bonchev–Trinajstić information content (AvgIpc) is 2.16. The van der Waals surface area contributed by atoms with E-state index < -0.39 is 20.2 Å². The predicted octanol–water partition coefficient (Wildman–Crippen LogP) is 1.90. The molecule has 0 bridgehead atoms. The molecule has 0 fully saturated rings. The Labute approximate surface area is 91.9 Å². The molecule has 1 atom stereocenters. The van der Waals surface area contributed by atoms with E-state index in [1.807, 2.05) is 0 Å². The van der Waals surface area contributed by atoms with Crippen molar-refractivity contribution in [3.8, 4) is 5.75 Å². The minimum atomic E-state index is -4.85. The van der Waals surface area contributed by atoms with Crippen molar-refractivity contribution in [2.24, 2.45) is 0 Å². The first-order chi connectivity index (χ1) is 7.23. The molecule has 0 radical (unpaired) electrons. The molecule has 0 spiro atoms. The van der Waals surface area contributed by atoms with Gasteiger partial charge in [-0.05, 0) is 12.1 Å². The Morgan fingerprint density at radius 2 is 1.62 bits per heavy atom. The van der Waals surface area contributed by atoms with Crippen LogP contribution < -0.4 is 4.52 Å². The van der Waals surface area contributed by atoms with Crippen molar-refractivity contribution in [1.82, 2.24) is 0 Å². The Morgan fingerprint density at radius 3 is 2.06 bits per heavy atom. The van der Waals surface area contributed by atoms with Crippen LogP contribution in [0.25, 0.3) is 0 Å². The fraction of sp³-hybridized carbons (Fsp3) is 0. The van der Waals surface area contributed by atoms with Crippen LogP contribution in [0.3, 0.4) is 0 Å². The average molecular weight is 264 g/mol. The molecule has 0 aliphatic heterocycles. The number of hydrogen-bond donors (Lipinski definition) is 3. The van der Waals surface area contributed by atoms with Gasteiger partial charge in [0.25, 0.3) is 0 Å². The van der Waals surface area contributed by atoms with Gasteiger partial charge in [-0.25, -0.2) is 4.57 Å². The molecule has 0 amide bonds. The topological polar surface area (TPSA) is 104 Å². The zero-order valence-corrected chi connectivity index (χ0v) is 9.84. The van der Waals surface area contributed by atoms with E-state index in [0.29, 0.717) is 0 Å². The molecular formula is C8H10O6P2. The third kappa shape index (κ3) is 3.30. The van der Waals surface area contributed by atoms with Crippen LogP contribution in [0.2, 0.25) is 0 Å². The van der Waals surface area contributed by atoms with E-state index in [-0.39, 0.29) is 5.75 Å². The first kappa shape index (κ1) is 13.2. The van der Waals surface area contributed by atoms with Crippen LogP contribution in [0, 0.1) is 0 Å². The smallest absolute Gasteiger partial charge is 0.415 e. The third-order valence-electron chi connectivity index (χ3n) is 1.63. The molecule has 0 aliphatic rings. The van der Waals surface area contributed by atoms with E-state index in [0.717, 1.165) is 0 Å². The van der Waals surface area contributed by atoms with Crippen LogP contribution in [-0.4, -0.2) is 14.7 Å². The summed E-state index contributed by atoms with van der Waals surface area (Å²) >= 11 is 0. The molecule has 1 rings (SSSR count). The summed E-state index contributed by atoms with van der Waals surface area (Å²) in [6.07, 6.45) is 0. The lowest BCUT2D eigenvalue weighted by molar-refractivity contribution is 0.370. The molecule has 6 nitrogen and oxygen atoms in total. The largest absolute Gasteiger partial charge is 0.421 e. The molecule has 0 saturated heterocycles. The van der Waals surface area contributed by atoms with Crippen molar-refractivity contribution in [2.75, 3.05) is 0 Å². The molecule has 88 valence electrons. The van der Waals surface area contributed by atoms with Gasteiger partial charge in [0.1, 0.15) is 5.75 Å². The Bertz CT molecular complexity index is 477. The second kappa shape index (κ2) is 4.53. The maximum absolute atomic E-state index is 11.5. The van der Waals surface area contributed by atoms with E-state index in [1.165, 1.54) is 12.1 Å². The van der Waals surface area contributed by atoms with Gasteiger partial charge in [-0.1, -0.05) is 24.8 Å². The number of rotatable bonds is 4. The maximum atomic E-state index is 11.5. The van der Waals surface area contributed by atoms with Crippen molar-refractivity contribution in [1.29, 1.82) is 0 Å². The van der Waals surface area contributed by atoms with Gasteiger partial charge in [-0.2, -0.15) is 0 Å². The summed E-state index contributed by atoms with van der Waals surface area (Å²) in [5, 5.41) is -1.12. The van der Waals surface area contributed by atoms with Gasteiger partial charge in [0, 0.05) is 0 Å². The molecule has 0 aromatic heterocycles. The third-order valence-corrected chi connectivity index (χ3v) is 4.96. The summed E-state index contributed by atoms with van der Waals surface area (Å²) in [6.45, 7) is 2.89. The lowest BCUT2D eigenvalue weighted by Crippen LogP contribution is -1.95. The van der Waals surface area contributed by atoms with E-state index in [4.69, 9.17) is 9.79 Å². The maximum Gasteiger partial charge on any atom is 0.415 e. The summed E-state index contributed by atoms with van der Waals surface area (Å²) in [4.78, 5) is 26.7. The van der Waals surface area contributed by atoms with Gasteiger partial charge in [0.15, 0.2) is 5.06 Å². The number of benzene rings is 1. The molecule has 0 aliphatic carbocycles. The van der Waals surface area contributed by atoms with Gasteiger partial charge in [-0.15, -0.1) is 0 Å². The Balaban J connectivity index is 2.93. The van der Waals surface area contributed by atoms with Crippen LogP contribution in [-0.2, 0) is 9.13 Å². The van der Waals surface area contributed by atoms with E-state index in [9.17, 15) is 14.0 Å². The second-order valence-electron chi connectivity index (χ2n) is 2.89. The fourth-order valence-corrected chi connectivity index (χ4v) is 2.79. The van der Waals surface area contributed by atoms with Gasteiger partial charge in [0.05, 0.1) is 0 Å². The molecule has 3 N–H and O–H groups in total. The molecule has 16 heavy (non-hydrogen) atoms. The van der Waals surface area contributed by atoms with Crippen molar-refractivity contribution in [2.45, 2.75) is 0 Å². The highest BCUT2D eigenvalue weighted by atomic mass is 31.2. The Kier molecular flexibility index (Phi) is 3.73. The Morgan fingerprint density at radius 1 is 1.12 bits per heavy atom. The summed E-state index contributed by atoms with van der Waals surface area (Å²) in [5.41, 5.74) is 0. The number of para-hydroxylation sites is 1. The van der Waals surface area contributed by atoms with Crippen LogP contribution in [0.5, 0.6) is 5.75 Å². The molecular weight excluding hydrogens is 254 g/mol. The summed E-state index contributed by atoms with van der Waals surface area (Å²) in [7, 11) is -9.43. The summed E-state index contributed by atoms with van der Waals surface area (Å²) in [5.74, 6) is 0.0305. The zero-order chi connectivity index (χ0) is 12.4. The van der Waals surface area contributed by atoms with Crippen molar-refractivity contribution in [3.63, 3.8) is 0 Å². The lowest BCUT2D eigenvalue weighted by Gasteiger charge is -2.15. The molecule has 0 heterocycles. The summed E-state index contributed by atoms with van der Waals surface area (Å²) < 4.78 is 26.8. The normalized spacial score (nSPS) is 15.2. The number of hydrogen-bond acceptors (Lipinski definition) is 3. The van der Waals surface area contributed by atoms with Crippen LogP contribution >= 0.6 is 15.2 Å². The fourth-order valence-electron chi connectivity index (χ4n) is 0.842. The van der Waals surface area contributed by atoms with Crippen LogP contribution in [0.15, 0.2) is 42.0 Å². The van der Waals surface area contributed by atoms with E-state index in [1.54, 1.807) is 18.2 Å². The van der Waals surface area contributed by atoms with Crippen LogP contribution in [0.1, 0.15) is 0 Å². The quantitative estimate of drug-likeness (QED) is 0.717. The first-order valence-electron chi connectivity index (χ1n) is 4.06. The molecule has 0 saturated carbocycles. The van der Waals surface area contributed by atoms with Crippen molar-refractivity contribution >= 4 is 15.2 Å². The zero-order valence-electron chi connectivity index (χ0n) is 8.05. The first-order valence-corrected chi connectivity index (χ1v) is 7.25. The monoisotopic (exact) mass is 264 g/mol. The van der Waals surface area contributed by atoms with Crippen LogP contribution in [0.4, 0.5) is 0 Å². The van der Waals surface area contributed by atoms with Crippen molar-refractivity contribution in [3.05, 3.63) is 42.0 Å². The Hall–Kier alpha value is -0.900. The van der Waals surface area contributed by atoms with E-state index in [2.05, 4.69) is 11.1 Å². The van der Waals surface area contributed by atoms with Gasteiger partial charge in [-0.3, -0.25) is 4.57 Å². The molecule has 1 unspecified atom stereocenters. The minimum Gasteiger partial charge on any atom is -0.421 e. The van der Waals surface area contributed by atoms with Gasteiger partial charge < -0.3 is 19.2 Å². The molecule has 1 aromatic carbocycles. The van der Waals surface area contributed by atoms with E-state index >= 15 is 0 Å². The highest BCUT2D eigenvalue weighted by Gasteiger charge is 2.38. The van der Waals surface area contributed by atoms with Crippen molar-refractivity contribution < 1.29 is 28.3 Å². The predicted molar refractivity (Wildman–Crippen MR) is 58.1 cm³/mol. The highest BCUT2D eigenvalue weighted by Crippen LogP contribution is 2.65. The molecule has 8 heteroatoms. The molecule has 1 aromatic rings. The standard InChI is InChI=1S/C8H10O6P2/c1-7(15(9,10)11)16(12,13)14-8-5-3-2-4-6-8/h2-6H,1H2,(H,12,13)(H2,9,10,11). The van der Waals surface area contributed by atoms with Gasteiger partial charge >= 0.3 is 15.2 Å². The summed E-state index contributed by atoms with van der Waals surface area (Å²) in [6, 6.07) is 7.53. The highest BCUT2D eigenvalue weighted by molar-refractivity contribution is 7.77. The SMILES string of the molecule is C=C(P(=O)(O)O)P(=O)(O)Oc1ccccc1. The second-order valence-corrected chi connectivity index (χ2v) is 6.63.